The van der Waals surface area contributed by atoms with E-state index < -0.39 is 5.97 Å². The summed E-state index contributed by atoms with van der Waals surface area (Å²) < 4.78 is 14.2. The molecule has 3 aromatic carbocycles. The highest BCUT2D eigenvalue weighted by Gasteiger charge is 2.16. The molecule has 0 saturated carbocycles. The van der Waals surface area contributed by atoms with Crippen molar-refractivity contribution in [2.45, 2.75) is 20.3 Å². The van der Waals surface area contributed by atoms with Gasteiger partial charge in [-0.1, -0.05) is 43.3 Å². The Morgan fingerprint density at radius 3 is 2.53 bits per heavy atom. The summed E-state index contributed by atoms with van der Waals surface area (Å²) in [5, 5.41) is 17.0. The van der Waals surface area contributed by atoms with Crippen LogP contribution in [-0.4, -0.2) is 21.3 Å². The highest BCUT2D eigenvalue weighted by molar-refractivity contribution is 6.01. The molecular formula is C27H23FN2O2. The van der Waals surface area contributed by atoms with E-state index in [4.69, 9.17) is 5.11 Å². The van der Waals surface area contributed by atoms with E-state index in [2.05, 4.69) is 23.2 Å². The number of rotatable bonds is 6. The quantitative estimate of drug-likeness (QED) is 0.274. The van der Waals surface area contributed by atoms with Crippen molar-refractivity contribution in [1.29, 1.82) is 0 Å². The van der Waals surface area contributed by atoms with Gasteiger partial charge in [-0.05, 0) is 82.6 Å². The van der Waals surface area contributed by atoms with Gasteiger partial charge < -0.3 is 5.11 Å². The van der Waals surface area contributed by atoms with E-state index in [0.29, 0.717) is 6.42 Å². The average Bonchev–Trinajstić information content (AvgIpc) is 3.26. The molecule has 0 saturated heterocycles. The van der Waals surface area contributed by atoms with Crippen LogP contribution < -0.4 is 0 Å². The predicted molar refractivity (Wildman–Crippen MR) is 127 cm³/mol. The molecule has 0 atom stereocenters. The summed E-state index contributed by atoms with van der Waals surface area (Å²) in [5.41, 5.74) is 7.66. The molecule has 4 aromatic rings. The molecule has 1 aromatic heterocycles. The Morgan fingerprint density at radius 1 is 1.06 bits per heavy atom. The summed E-state index contributed by atoms with van der Waals surface area (Å²) in [4.78, 5) is 10.8. The van der Waals surface area contributed by atoms with Gasteiger partial charge in [-0.25, -0.2) is 9.18 Å². The van der Waals surface area contributed by atoms with Gasteiger partial charge in [0.25, 0.3) is 0 Å². The minimum atomic E-state index is -0.988. The van der Waals surface area contributed by atoms with Crippen molar-refractivity contribution in [2.75, 3.05) is 0 Å². The molecular weight excluding hydrogens is 403 g/mol. The Hall–Kier alpha value is -3.99. The zero-order valence-corrected chi connectivity index (χ0v) is 17.9. The highest BCUT2D eigenvalue weighted by atomic mass is 19.1. The lowest BCUT2D eigenvalue weighted by Crippen LogP contribution is -1.98. The van der Waals surface area contributed by atoms with Gasteiger partial charge in [-0.3, -0.25) is 5.10 Å². The second-order valence-corrected chi connectivity index (χ2v) is 7.63. The minimum absolute atomic E-state index is 0.268. The normalized spacial score (nSPS) is 12.3. The number of halogens is 1. The maximum Gasteiger partial charge on any atom is 0.328 e. The summed E-state index contributed by atoms with van der Waals surface area (Å²) in [7, 11) is 0. The van der Waals surface area contributed by atoms with Crippen molar-refractivity contribution >= 4 is 34.1 Å². The van der Waals surface area contributed by atoms with Gasteiger partial charge in [0.05, 0.1) is 11.7 Å². The predicted octanol–water partition coefficient (Wildman–Crippen LogP) is 6.48. The lowest BCUT2D eigenvalue weighted by atomic mass is 9.86. The number of benzene rings is 3. The summed E-state index contributed by atoms with van der Waals surface area (Å²) in [6.07, 6.45) is 5.18. The molecule has 0 fully saturated rings. The molecule has 4 rings (SSSR count). The van der Waals surface area contributed by atoms with E-state index in [9.17, 15) is 9.18 Å². The molecule has 0 aliphatic heterocycles. The van der Waals surface area contributed by atoms with Crippen LogP contribution in [0.3, 0.4) is 0 Å². The van der Waals surface area contributed by atoms with E-state index in [1.54, 1.807) is 24.4 Å². The Bertz CT molecular complexity index is 1350. The number of hydrogen-bond acceptors (Lipinski definition) is 2. The number of carboxylic acids is 1. The first kappa shape index (κ1) is 21.2. The topological polar surface area (TPSA) is 66.0 Å². The van der Waals surface area contributed by atoms with Gasteiger partial charge in [0, 0.05) is 11.5 Å². The summed E-state index contributed by atoms with van der Waals surface area (Å²) >= 11 is 0. The monoisotopic (exact) mass is 426 g/mol. The second kappa shape index (κ2) is 9.02. The molecule has 1 heterocycles. The number of H-pyrrole nitrogens is 1. The third kappa shape index (κ3) is 4.37. The number of nitrogens with zero attached hydrogens (tertiary/aromatic N) is 1. The molecule has 0 aliphatic rings. The maximum atomic E-state index is 14.2. The molecule has 0 unspecified atom stereocenters. The number of fused-ring (bicyclic) bond motifs is 1. The fraction of sp³-hybridized carbons (Fsp3) is 0.111. The molecule has 0 amide bonds. The number of carboxylic acid groups (broad SMARTS) is 1. The molecule has 160 valence electrons. The molecule has 4 nitrogen and oxygen atoms in total. The van der Waals surface area contributed by atoms with Crippen LogP contribution in [0.1, 0.15) is 41.2 Å². The Balaban J connectivity index is 1.94. The lowest BCUT2D eigenvalue weighted by Gasteiger charge is -2.18. The van der Waals surface area contributed by atoms with Crippen molar-refractivity contribution in [3.63, 3.8) is 0 Å². The molecule has 0 radical (unpaired) electrons. The summed E-state index contributed by atoms with van der Waals surface area (Å²) in [6.45, 7) is 4.06. The van der Waals surface area contributed by atoms with Gasteiger partial charge in [-0.15, -0.1) is 0 Å². The maximum absolute atomic E-state index is 14.2. The largest absolute Gasteiger partial charge is 0.478 e. The number of aliphatic carboxylic acids is 1. The number of aryl methyl sites for hydroxylation is 1. The molecule has 2 N–H and O–H groups in total. The van der Waals surface area contributed by atoms with Crippen molar-refractivity contribution in [1.82, 2.24) is 10.2 Å². The van der Waals surface area contributed by atoms with Crippen LogP contribution in [-0.2, 0) is 4.79 Å². The lowest BCUT2D eigenvalue weighted by molar-refractivity contribution is -0.131. The third-order valence-electron chi connectivity index (χ3n) is 5.53. The smallest absolute Gasteiger partial charge is 0.328 e. The standard InChI is InChI=1S/C27H23FN2O2/c1-3-23(24-15-22(28)11-4-17(24)2)27(20-10-12-25-21(14-20)16-29-30-25)19-8-5-18(6-9-19)7-13-26(31)32/h4-16H,3H2,1-2H3,(H,29,30)(H,31,32). The zero-order chi connectivity index (χ0) is 22.7. The first-order valence-corrected chi connectivity index (χ1v) is 10.4. The Labute approximate surface area is 185 Å². The van der Waals surface area contributed by atoms with E-state index in [1.165, 1.54) is 6.07 Å². The van der Waals surface area contributed by atoms with Crippen LogP contribution in [0, 0.1) is 12.7 Å². The molecule has 5 heteroatoms. The number of aromatic nitrogens is 2. The Kier molecular flexibility index (Phi) is 5.99. The van der Waals surface area contributed by atoms with Crippen molar-refractivity contribution in [2.24, 2.45) is 0 Å². The first-order chi connectivity index (χ1) is 15.5. The van der Waals surface area contributed by atoms with E-state index in [1.807, 2.05) is 43.3 Å². The number of hydrogen-bond donors (Lipinski definition) is 2. The second-order valence-electron chi connectivity index (χ2n) is 7.63. The molecule has 32 heavy (non-hydrogen) atoms. The first-order valence-electron chi connectivity index (χ1n) is 10.4. The van der Waals surface area contributed by atoms with Crippen LogP contribution >= 0.6 is 0 Å². The number of aromatic amines is 1. The van der Waals surface area contributed by atoms with Crippen molar-refractivity contribution in [3.05, 3.63) is 107 Å². The Morgan fingerprint density at radius 2 is 1.81 bits per heavy atom. The summed E-state index contributed by atoms with van der Waals surface area (Å²) in [6, 6.07) is 18.7. The van der Waals surface area contributed by atoms with E-state index >= 15 is 0 Å². The van der Waals surface area contributed by atoms with Crippen molar-refractivity contribution < 1.29 is 14.3 Å². The highest BCUT2D eigenvalue weighted by Crippen LogP contribution is 2.37. The van der Waals surface area contributed by atoms with Gasteiger partial charge in [-0.2, -0.15) is 5.10 Å². The molecule has 0 aliphatic carbocycles. The minimum Gasteiger partial charge on any atom is -0.478 e. The SMILES string of the molecule is CCC(=C(c1ccc(C=CC(=O)O)cc1)c1ccc2[nH]ncc2c1)c1cc(F)ccc1C. The number of carbonyl (C=O) groups is 1. The third-order valence-corrected chi connectivity index (χ3v) is 5.53. The fourth-order valence-electron chi connectivity index (χ4n) is 3.96. The zero-order valence-electron chi connectivity index (χ0n) is 17.9. The number of allylic oxidation sites excluding steroid dienone is 1. The van der Waals surface area contributed by atoms with Crippen LogP contribution in [0.15, 0.2) is 72.9 Å². The fourth-order valence-corrected chi connectivity index (χ4v) is 3.96. The number of nitrogens with one attached hydrogen (secondary N) is 1. The average molecular weight is 426 g/mol. The van der Waals surface area contributed by atoms with Gasteiger partial charge in [0.1, 0.15) is 5.82 Å². The van der Waals surface area contributed by atoms with Gasteiger partial charge in [0.2, 0.25) is 0 Å². The van der Waals surface area contributed by atoms with Gasteiger partial charge in [0.15, 0.2) is 0 Å². The summed E-state index contributed by atoms with van der Waals surface area (Å²) in [5.74, 6) is -1.26. The molecule has 0 bridgehead atoms. The van der Waals surface area contributed by atoms with Crippen molar-refractivity contribution in [3.8, 4) is 0 Å². The van der Waals surface area contributed by atoms with Crippen LogP contribution in [0.5, 0.6) is 0 Å². The van der Waals surface area contributed by atoms with E-state index in [-0.39, 0.29) is 5.82 Å². The van der Waals surface area contributed by atoms with Crippen LogP contribution in [0.25, 0.3) is 28.1 Å². The van der Waals surface area contributed by atoms with Crippen LogP contribution in [0.4, 0.5) is 4.39 Å². The van der Waals surface area contributed by atoms with Gasteiger partial charge >= 0.3 is 5.97 Å². The van der Waals surface area contributed by atoms with Crippen LogP contribution in [0.2, 0.25) is 0 Å². The molecule has 0 spiro atoms. The van der Waals surface area contributed by atoms with E-state index in [0.717, 1.165) is 55.9 Å².